The molecule has 5 rings (SSSR count). The first kappa shape index (κ1) is 18.4. The molecule has 0 radical (unpaired) electrons. The Bertz CT molecular complexity index is 1130. The van der Waals surface area contributed by atoms with Gasteiger partial charge >= 0.3 is 0 Å². The van der Waals surface area contributed by atoms with Crippen molar-refractivity contribution < 1.29 is 9.18 Å². The van der Waals surface area contributed by atoms with Crippen molar-refractivity contribution in [2.24, 2.45) is 0 Å². The maximum Gasteiger partial charge on any atom is 0.163 e. The van der Waals surface area contributed by atoms with Gasteiger partial charge in [0.1, 0.15) is 5.82 Å². The minimum Gasteiger partial charge on any atom is -0.372 e. The zero-order chi connectivity index (χ0) is 20.0. The van der Waals surface area contributed by atoms with Crippen molar-refractivity contribution in [3.8, 4) is 0 Å². The lowest BCUT2D eigenvalue weighted by molar-refractivity contribution is -0.116. The van der Waals surface area contributed by atoms with Crippen LogP contribution in [-0.2, 0) is 4.79 Å². The van der Waals surface area contributed by atoms with E-state index in [1.54, 1.807) is 23.5 Å². The smallest absolute Gasteiger partial charge is 0.163 e. The van der Waals surface area contributed by atoms with E-state index in [0.29, 0.717) is 17.6 Å². The molecule has 3 nitrogen and oxygen atoms in total. The summed E-state index contributed by atoms with van der Waals surface area (Å²) in [5.41, 5.74) is 4.05. The average molecular weight is 425 g/mol. The van der Waals surface area contributed by atoms with E-state index >= 15 is 0 Å². The van der Waals surface area contributed by atoms with Crippen LogP contribution in [0, 0.1) is 5.82 Å². The highest BCUT2D eigenvalue weighted by Gasteiger charge is 2.36. The monoisotopic (exact) mass is 424 g/mol. The van der Waals surface area contributed by atoms with Crippen molar-refractivity contribution in [1.29, 1.82) is 0 Å². The molecule has 0 spiro atoms. The standard InChI is InChI=1S/C23H18ClFN2OS/c24-15-8-7-13(10-16(15)25)23-22-19(26-17-4-1-2-5-18(17)27-23)11-14(12-20(22)28)21-6-3-9-29-21/h1-10,14,23,26-27H,11-12H2/t14-,23+/m1/s1. The minimum atomic E-state index is -0.488. The van der Waals surface area contributed by atoms with Crippen molar-refractivity contribution >= 4 is 40.1 Å². The van der Waals surface area contributed by atoms with Gasteiger partial charge < -0.3 is 10.6 Å². The number of halogens is 2. The molecule has 1 aliphatic heterocycles. The number of thiophene rings is 1. The van der Waals surface area contributed by atoms with Crippen molar-refractivity contribution in [2.75, 3.05) is 10.6 Å². The van der Waals surface area contributed by atoms with E-state index in [0.717, 1.165) is 23.5 Å². The lowest BCUT2D eigenvalue weighted by Gasteiger charge is -2.29. The second kappa shape index (κ2) is 7.32. The number of Topliss-reactive ketones (excluding diaryl/α,β-unsaturated/α-hetero) is 1. The number of ketones is 1. The zero-order valence-electron chi connectivity index (χ0n) is 15.4. The molecule has 2 N–H and O–H groups in total. The van der Waals surface area contributed by atoms with Gasteiger partial charge in [-0.25, -0.2) is 4.39 Å². The van der Waals surface area contributed by atoms with Gasteiger partial charge in [-0.2, -0.15) is 0 Å². The quantitative estimate of drug-likeness (QED) is 0.492. The number of fused-ring (bicyclic) bond motifs is 1. The van der Waals surface area contributed by atoms with Crippen molar-refractivity contribution in [2.45, 2.75) is 24.8 Å². The van der Waals surface area contributed by atoms with Crippen LogP contribution in [0.3, 0.4) is 0 Å². The summed E-state index contributed by atoms with van der Waals surface area (Å²) in [6.07, 6.45) is 1.19. The molecular weight excluding hydrogens is 407 g/mol. The number of nitrogens with one attached hydrogen (secondary N) is 2. The molecular formula is C23H18ClFN2OS. The van der Waals surface area contributed by atoms with Gasteiger partial charge in [0.15, 0.2) is 5.78 Å². The predicted octanol–water partition coefficient (Wildman–Crippen LogP) is 6.52. The summed E-state index contributed by atoms with van der Waals surface area (Å²) < 4.78 is 14.2. The van der Waals surface area contributed by atoms with E-state index in [2.05, 4.69) is 16.7 Å². The van der Waals surface area contributed by atoms with Crippen LogP contribution < -0.4 is 10.6 Å². The number of benzene rings is 2. The summed E-state index contributed by atoms with van der Waals surface area (Å²) in [5, 5.41) is 9.06. The van der Waals surface area contributed by atoms with Gasteiger partial charge in [0.2, 0.25) is 0 Å². The normalized spacial score (nSPS) is 21.0. The van der Waals surface area contributed by atoms with Gasteiger partial charge in [0.25, 0.3) is 0 Å². The van der Waals surface area contributed by atoms with E-state index in [-0.39, 0.29) is 16.7 Å². The van der Waals surface area contributed by atoms with E-state index in [4.69, 9.17) is 11.6 Å². The zero-order valence-corrected chi connectivity index (χ0v) is 17.0. The molecule has 6 heteroatoms. The van der Waals surface area contributed by atoms with Crippen LogP contribution in [0.4, 0.5) is 15.8 Å². The number of allylic oxidation sites excluding steroid dienone is 1. The molecule has 2 heterocycles. The summed E-state index contributed by atoms with van der Waals surface area (Å²) in [5.74, 6) is -0.252. The van der Waals surface area contributed by atoms with Crippen LogP contribution in [0.2, 0.25) is 5.02 Å². The van der Waals surface area contributed by atoms with Crippen LogP contribution in [0.15, 0.2) is 71.2 Å². The summed E-state index contributed by atoms with van der Waals surface area (Å²) in [6, 6.07) is 16.2. The summed E-state index contributed by atoms with van der Waals surface area (Å²) in [7, 11) is 0. The molecule has 0 saturated heterocycles. The predicted molar refractivity (Wildman–Crippen MR) is 116 cm³/mol. The Labute approximate surface area is 177 Å². The number of carbonyl (C=O) groups excluding carboxylic acids is 1. The van der Waals surface area contributed by atoms with Crippen LogP contribution in [-0.4, -0.2) is 5.78 Å². The maximum absolute atomic E-state index is 14.2. The fourth-order valence-electron chi connectivity index (χ4n) is 4.16. The molecule has 3 aromatic rings. The Hall–Kier alpha value is -2.63. The van der Waals surface area contributed by atoms with E-state index in [1.807, 2.05) is 35.7 Å². The van der Waals surface area contributed by atoms with Crippen molar-refractivity contribution in [1.82, 2.24) is 0 Å². The second-order valence-electron chi connectivity index (χ2n) is 7.36. The number of hydrogen-bond donors (Lipinski definition) is 2. The Balaban J connectivity index is 1.64. The SMILES string of the molecule is O=C1C[C@H](c2cccs2)CC2=C1[C@H](c1ccc(Cl)c(F)c1)Nc1ccccc1N2. The Morgan fingerprint density at radius 1 is 1.03 bits per heavy atom. The molecule has 0 bridgehead atoms. The van der Waals surface area contributed by atoms with Gasteiger partial charge in [0.05, 0.1) is 22.4 Å². The molecule has 2 aliphatic rings. The molecule has 146 valence electrons. The Kier molecular flexibility index (Phi) is 4.64. The molecule has 1 aliphatic carbocycles. The van der Waals surface area contributed by atoms with Crippen molar-refractivity contribution in [3.63, 3.8) is 0 Å². The number of carbonyl (C=O) groups is 1. The highest BCUT2D eigenvalue weighted by atomic mass is 35.5. The molecule has 0 unspecified atom stereocenters. The van der Waals surface area contributed by atoms with Gasteiger partial charge in [-0.1, -0.05) is 35.9 Å². The van der Waals surface area contributed by atoms with Gasteiger partial charge in [-0.15, -0.1) is 11.3 Å². The fraction of sp³-hybridized carbons (Fsp3) is 0.174. The number of anilines is 2. The largest absolute Gasteiger partial charge is 0.372 e. The molecule has 1 aromatic heterocycles. The van der Waals surface area contributed by atoms with E-state index < -0.39 is 11.9 Å². The molecule has 2 aromatic carbocycles. The number of hydrogen-bond acceptors (Lipinski definition) is 4. The molecule has 0 amide bonds. The molecule has 2 atom stereocenters. The topological polar surface area (TPSA) is 41.1 Å². The molecule has 29 heavy (non-hydrogen) atoms. The average Bonchev–Trinajstić information content (AvgIpc) is 3.19. The van der Waals surface area contributed by atoms with Gasteiger partial charge in [-0.3, -0.25) is 4.79 Å². The third-order valence-corrected chi connectivity index (χ3v) is 6.87. The first-order chi connectivity index (χ1) is 14.1. The maximum atomic E-state index is 14.2. The van der Waals surface area contributed by atoms with Crippen LogP contribution >= 0.6 is 22.9 Å². The second-order valence-corrected chi connectivity index (χ2v) is 8.74. The van der Waals surface area contributed by atoms with E-state index in [1.165, 1.54) is 10.9 Å². The van der Waals surface area contributed by atoms with E-state index in [9.17, 15) is 9.18 Å². The Morgan fingerprint density at radius 2 is 1.86 bits per heavy atom. The molecule has 0 fully saturated rings. The fourth-order valence-corrected chi connectivity index (χ4v) is 5.11. The summed E-state index contributed by atoms with van der Waals surface area (Å²) >= 11 is 7.57. The number of rotatable bonds is 2. The first-order valence-electron chi connectivity index (χ1n) is 9.47. The van der Waals surface area contributed by atoms with Crippen LogP contribution in [0.5, 0.6) is 0 Å². The first-order valence-corrected chi connectivity index (χ1v) is 10.7. The highest BCUT2D eigenvalue weighted by molar-refractivity contribution is 7.10. The summed E-state index contributed by atoms with van der Waals surface area (Å²) in [6.45, 7) is 0. The molecule has 0 saturated carbocycles. The van der Waals surface area contributed by atoms with Gasteiger partial charge in [0, 0.05) is 28.5 Å². The van der Waals surface area contributed by atoms with Crippen LogP contribution in [0.25, 0.3) is 0 Å². The third kappa shape index (κ3) is 3.34. The number of para-hydroxylation sites is 2. The Morgan fingerprint density at radius 3 is 2.62 bits per heavy atom. The summed E-state index contributed by atoms with van der Waals surface area (Å²) in [4.78, 5) is 14.5. The lowest BCUT2D eigenvalue weighted by atomic mass is 9.81. The lowest BCUT2D eigenvalue weighted by Crippen LogP contribution is -2.26. The van der Waals surface area contributed by atoms with Crippen molar-refractivity contribution in [3.05, 3.63) is 92.5 Å². The van der Waals surface area contributed by atoms with Gasteiger partial charge in [-0.05, 0) is 47.7 Å². The van der Waals surface area contributed by atoms with Crippen LogP contribution in [0.1, 0.15) is 35.2 Å². The minimum absolute atomic E-state index is 0.0721. The third-order valence-electron chi connectivity index (χ3n) is 5.53. The highest BCUT2D eigenvalue weighted by Crippen LogP contribution is 2.45.